The largest absolute Gasteiger partial charge is 0.329 e. The molecular weight excluding hydrogens is 322 g/mol. The van der Waals surface area contributed by atoms with Gasteiger partial charge in [-0.3, -0.25) is 4.57 Å². The van der Waals surface area contributed by atoms with Gasteiger partial charge in [0.2, 0.25) is 0 Å². The molecule has 0 fully saturated rings. The first-order valence-corrected chi connectivity index (χ1v) is 7.11. The zero-order valence-electron chi connectivity index (χ0n) is 10.6. The first-order chi connectivity index (χ1) is 9.08. The van der Waals surface area contributed by atoms with Crippen molar-refractivity contribution in [2.75, 3.05) is 0 Å². The Morgan fingerprint density at radius 1 is 1.32 bits per heavy atom. The fourth-order valence-corrected chi connectivity index (χ4v) is 2.81. The SMILES string of the molecule is Cc1cnc2c(c1)[nH]c(=S)n2-c1cccc(Br)c1C. The van der Waals surface area contributed by atoms with Crippen LogP contribution in [-0.4, -0.2) is 14.5 Å². The Balaban J connectivity index is 2.40. The van der Waals surface area contributed by atoms with Crippen LogP contribution < -0.4 is 0 Å². The highest BCUT2D eigenvalue weighted by atomic mass is 79.9. The standard InChI is InChI=1S/C14H12BrN3S/c1-8-6-11-13(16-7-8)18(14(19)17-11)12-5-3-4-10(15)9(12)2/h3-7H,1-2H3,(H,17,19). The number of aryl methyl sites for hydroxylation is 1. The highest BCUT2D eigenvalue weighted by molar-refractivity contribution is 9.10. The van der Waals surface area contributed by atoms with Gasteiger partial charge in [-0.25, -0.2) is 4.98 Å². The molecule has 5 heteroatoms. The lowest BCUT2D eigenvalue weighted by Gasteiger charge is -2.09. The predicted octanol–water partition coefficient (Wildman–Crippen LogP) is 4.46. The number of nitrogens with zero attached hydrogens (tertiary/aromatic N) is 2. The molecule has 0 spiro atoms. The van der Waals surface area contributed by atoms with E-state index in [9.17, 15) is 0 Å². The van der Waals surface area contributed by atoms with E-state index in [-0.39, 0.29) is 0 Å². The van der Waals surface area contributed by atoms with E-state index in [1.54, 1.807) is 0 Å². The van der Waals surface area contributed by atoms with Crippen LogP contribution in [0.1, 0.15) is 11.1 Å². The molecule has 0 aliphatic rings. The number of benzene rings is 1. The Hall–Kier alpha value is -1.46. The van der Waals surface area contributed by atoms with Gasteiger partial charge in [0.1, 0.15) is 0 Å². The summed E-state index contributed by atoms with van der Waals surface area (Å²) in [7, 11) is 0. The minimum Gasteiger partial charge on any atom is -0.329 e. The van der Waals surface area contributed by atoms with E-state index in [0.717, 1.165) is 32.5 Å². The third-order valence-corrected chi connectivity index (χ3v) is 4.28. The van der Waals surface area contributed by atoms with Crippen molar-refractivity contribution in [2.24, 2.45) is 0 Å². The molecule has 19 heavy (non-hydrogen) atoms. The number of rotatable bonds is 1. The van der Waals surface area contributed by atoms with E-state index in [0.29, 0.717) is 4.77 Å². The molecule has 0 amide bonds. The Bertz CT molecular complexity index is 832. The van der Waals surface area contributed by atoms with Gasteiger partial charge in [0, 0.05) is 10.7 Å². The van der Waals surface area contributed by atoms with Crippen molar-refractivity contribution in [3.63, 3.8) is 0 Å². The summed E-state index contributed by atoms with van der Waals surface area (Å²) in [6, 6.07) is 8.13. The van der Waals surface area contributed by atoms with Crippen LogP contribution in [0.25, 0.3) is 16.9 Å². The number of nitrogens with one attached hydrogen (secondary N) is 1. The molecule has 0 aliphatic heterocycles. The summed E-state index contributed by atoms with van der Waals surface area (Å²) in [6.45, 7) is 4.08. The number of hydrogen-bond acceptors (Lipinski definition) is 2. The second-order valence-electron chi connectivity index (χ2n) is 4.53. The van der Waals surface area contributed by atoms with Crippen molar-refractivity contribution in [1.29, 1.82) is 0 Å². The van der Waals surface area contributed by atoms with Crippen LogP contribution in [-0.2, 0) is 0 Å². The van der Waals surface area contributed by atoms with Gasteiger partial charge in [-0.05, 0) is 55.4 Å². The Kier molecular flexibility index (Phi) is 3.03. The maximum absolute atomic E-state index is 5.43. The lowest BCUT2D eigenvalue weighted by Crippen LogP contribution is -1.98. The number of aromatic nitrogens is 3. The fourth-order valence-electron chi connectivity index (χ4n) is 2.16. The van der Waals surface area contributed by atoms with Gasteiger partial charge < -0.3 is 4.98 Å². The molecule has 1 aromatic carbocycles. The maximum Gasteiger partial charge on any atom is 0.184 e. The van der Waals surface area contributed by atoms with Gasteiger partial charge in [-0.1, -0.05) is 22.0 Å². The number of imidazole rings is 1. The fraction of sp³-hybridized carbons (Fsp3) is 0.143. The molecule has 0 saturated heterocycles. The topological polar surface area (TPSA) is 33.6 Å². The van der Waals surface area contributed by atoms with Crippen LogP contribution in [0.5, 0.6) is 0 Å². The molecule has 0 radical (unpaired) electrons. The zero-order chi connectivity index (χ0) is 13.6. The zero-order valence-corrected chi connectivity index (χ0v) is 13.0. The molecule has 1 N–H and O–H groups in total. The lowest BCUT2D eigenvalue weighted by molar-refractivity contribution is 1.03. The van der Waals surface area contributed by atoms with E-state index >= 15 is 0 Å². The highest BCUT2D eigenvalue weighted by Gasteiger charge is 2.11. The quantitative estimate of drug-likeness (QED) is 0.667. The molecule has 3 rings (SSSR count). The van der Waals surface area contributed by atoms with Crippen LogP contribution in [0, 0.1) is 18.6 Å². The summed E-state index contributed by atoms with van der Waals surface area (Å²) in [5, 5.41) is 0. The van der Waals surface area contributed by atoms with Crippen molar-refractivity contribution in [2.45, 2.75) is 13.8 Å². The van der Waals surface area contributed by atoms with E-state index in [1.165, 1.54) is 0 Å². The minimum atomic E-state index is 0.661. The molecule has 0 bridgehead atoms. The van der Waals surface area contributed by atoms with Crippen LogP contribution in [0.3, 0.4) is 0 Å². The molecule has 0 aliphatic carbocycles. The average molecular weight is 334 g/mol. The molecule has 3 aromatic rings. The number of fused-ring (bicyclic) bond motifs is 1. The van der Waals surface area contributed by atoms with Crippen LogP contribution >= 0.6 is 28.1 Å². The van der Waals surface area contributed by atoms with Crippen molar-refractivity contribution in [3.8, 4) is 5.69 Å². The van der Waals surface area contributed by atoms with E-state index in [2.05, 4.69) is 38.9 Å². The predicted molar refractivity (Wildman–Crippen MR) is 83.4 cm³/mol. The number of hydrogen-bond donors (Lipinski definition) is 1. The smallest absolute Gasteiger partial charge is 0.184 e. The Labute approximate surface area is 124 Å². The van der Waals surface area contributed by atoms with Gasteiger partial charge >= 0.3 is 0 Å². The van der Waals surface area contributed by atoms with Crippen molar-refractivity contribution in [1.82, 2.24) is 14.5 Å². The summed E-state index contributed by atoms with van der Waals surface area (Å²) < 4.78 is 3.70. The third-order valence-electron chi connectivity index (χ3n) is 3.14. The van der Waals surface area contributed by atoms with Gasteiger partial charge in [-0.2, -0.15) is 0 Å². The second-order valence-corrected chi connectivity index (χ2v) is 5.77. The minimum absolute atomic E-state index is 0.661. The summed E-state index contributed by atoms with van der Waals surface area (Å²) in [4.78, 5) is 7.71. The molecule has 0 saturated carbocycles. The van der Waals surface area contributed by atoms with Crippen LogP contribution in [0.15, 0.2) is 34.9 Å². The number of pyridine rings is 1. The lowest BCUT2D eigenvalue weighted by atomic mass is 10.2. The molecule has 3 nitrogen and oxygen atoms in total. The maximum atomic E-state index is 5.43. The molecule has 0 unspecified atom stereocenters. The molecule has 0 atom stereocenters. The van der Waals surface area contributed by atoms with E-state index in [1.807, 2.05) is 35.9 Å². The Morgan fingerprint density at radius 3 is 2.89 bits per heavy atom. The highest BCUT2D eigenvalue weighted by Crippen LogP contribution is 2.25. The summed E-state index contributed by atoms with van der Waals surface area (Å²) in [5.74, 6) is 0. The van der Waals surface area contributed by atoms with Crippen LogP contribution in [0.4, 0.5) is 0 Å². The molecule has 2 heterocycles. The van der Waals surface area contributed by atoms with Gasteiger partial charge in [-0.15, -0.1) is 0 Å². The molecule has 96 valence electrons. The van der Waals surface area contributed by atoms with Gasteiger partial charge in [0.15, 0.2) is 10.4 Å². The van der Waals surface area contributed by atoms with Crippen molar-refractivity contribution < 1.29 is 0 Å². The van der Waals surface area contributed by atoms with Crippen LogP contribution in [0.2, 0.25) is 0 Å². The summed E-state index contributed by atoms with van der Waals surface area (Å²) in [6.07, 6.45) is 1.86. The second kappa shape index (κ2) is 4.58. The van der Waals surface area contributed by atoms with Gasteiger partial charge in [0.05, 0.1) is 11.2 Å². The van der Waals surface area contributed by atoms with E-state index < -0.39 is 0 Å². The first kappa shape index (κ1) is 12.6. The number of halogens is 1. The summed E-state index contributed by atoms with van der Waals surface area (Å²) in [5.41, 5.74) is 5.12. The van der Waals surface area contributed by atoms with Crippen molar-refractivity contribution in [3.05, 3.63) is 50.8 Å². The number of aromatic amines is 1. The Morgan fingerprint density at radius 2 is 2.11 bits per heavy atom. The monoisotopic (exact) mass is 333 g/mol. The first-order valence-electron chi connectivity index (χ1n) is 5.91. The normalized spacial score (nSPS) is 11.1. The van der Waals surface area contributed by atoms with Crippen molar-refractivity contribution >= 4 is 39.3 Å². The molecule has 2 aromatic heterocycles. The third kappa shape index (κ3) is 2.03. The summed E-state index contributed by atoms with van der Waals surface area (Å²) >= 11 is 8.99. The average Bonchev–Trinajstić information content (AvgIpc) is 2.68. The van der Waals surface area contributed by atoms with Gasteiger partial charge in [0.25, 0.3) is 0 Å². The number of H-pyrrole nitrogens is 1. The molecular formula is C14H12BrN3S. The van der Waals surface area contributed by atoms with E-state index in [4.69, 9.17) is 12.2 Å².